The summed E-state index contributed by atoms with van der Waals surface area (Å²) >= 11 is 6.51. The van der Waals surface area contributed by atoms with Gasteiger partial charge in [0, 0.05) is 18.1 Å². The van der Waals surface area contributed by atoms with Crippen molar-refractivity contribution in [1.29, 1.82) is 0 Å². The molecule has 13 heavy (non-hydrogen) atoms. The number of hydrogen-bond acceptors (Lipinski definition) is 3. The molecule has 1 aromatic rings. The second kappa shape index (κ2) is 5.14. The lowest BCUT2D eigenvalue weighted by atomic mass is 10.3. The van der Waals surface area contributed by atoms with Crippen molar-refractivity contribution in [2.45, 2.75) is 19.8 Å². The molecule has 0 bridgehead atoms. The zero-order valence-electron chi connectivity index (χ0n) is 7.56. The van der Waals surface area contributed by atoms with Gasteiger partial charge < -0.3 is 5.73 Å². The molecular weight excluding hydrogens is 202 g/mol. The summed E-state index contributed by atoms with van der Waals surface area (Å²) in [6.45, 7) is 3.00. The van der Waals surface area contributed by atoms with Crippen LogP contribution in [0.3, 0.4) is 0 Å². The maximum Gasteiger partial charge on any atom is 0.191 e. The maximum absolute atomic E-state index is 5.59. The fourth-order valence-electron chi connectivity index (χ4n) is 0.966. The van der Waals surface area contributed by atoms with E-state index in [1.807, 2.05) is 10.3 Å². The summed E-state index contributed by atoms with van der Waals surface area (Å²) in [5, 5.41) is 3.22. The van der Waals surface area contributed by atoms with Gasteiger partial charge >= 0.3 is 0 Å². The van der Waals surface area contributed by atoms with Gasteiger partial charge in [0.05, 0.1) is 0 Å². The number of anilines is 1. The molecule has 0 unspecified atom stereocenters. The molecule has 3 nitrogen and oxygen atoms in total. The number of hydrogen-bond donors (Lipinski definition) is 1. The molecule has 0 amide bonds. The van der Waals surface area contributed by atoms with Crippen LogP contribution in [0.15, 0.2) is 11.6 Å². The largest absolute Gasteiger partial charge is 0.376 e. The van der Waals surface area contributed by atoms with Crippen molar-refractivity contribution in [3.05, 3.63) is 11.6 Å². The molecule has 0 fully saturated rings. The Kier molecular flexibility index (Phi) is 4.11. The summed E-state index contributed by atoms with van der Waals surface area (Å²) in [4.78, 5) is 6.05. The summed E-state index contributed by atoms with van der Waals surface area (Å²) in [6, 6.07) is 0. The first-order chi connectivity index (χ1) is 6.25. The Morgan fingerprint density at radius 3 is 3.00 bits per heavy atom. The van der Waals surface area contributed by atoms with Gasteiger partial charge in [-0.2, -0.15) is 0 Å². The molecule has 5 heteroatoms. The van der Waals surface area contributed by atoms with E-state index >= 15 is 0 Å². The van der Waals surface area contributed by atoms with Crippen LogP contribution in [0.25, 0.3) is 0 Å². The lowest BCUT2D eigenvalue weighted by Crippen LogP contribution is -2.36. The highest BCUT2D eigenvalue weighted by Gasteiger charge is 2.10. The number of rotatable bonds is 4. The molecule has 0 aliphatic heterocycles. The minimum atomic E-state index is 0.406. The van der Waals surface area contributed by atoms with Crippen LogP contribution in [0, 0.1) is 0 Å². The SMILES string of the molecule is CCCCN(C(N)=S)c1nccs1. The average molecular weight is 215 g/mol. The molecule has 0 aromatic carbocycles. The first kappa shape index (κ1) is 10.4. The van der Waals surface area contributed by atoms with Crippen LogP contribution in [0.1, 0.15) is 19.8 Å². The van der Waals surface area contributed by atoms with Crippen LogP contribution >= 0.6 is 23.6 Å². The smallest absolute Gasteiger partial charge is 0.191 e. The standard InChI is InChI=1S/C8H13N3S2/c1-2-3-5-11(7(9)12)8-10-4-6-13-8/h4,6H,2-3,5H2,1H3,(H2,9,12). The Morgan fingerprint density at radius 2 is 2.54 bits per heavy atom. The summed E-state index contributed by atoms with van der Waals surface area (Å²) in [6.07, 6.45) is 3.97. The molecule has 1 heterocycles. The lowest BCUT2D eigenvalue weighted by Gasteiger charge is -2.18. The molecule has 0 aliphatic rings. The van der Waals surface area contributed by atoms with E-state index in [-0.39, 0.29) is 0 Å². The highest BCUT2D eigenvalue weighted by Crippen LogP contribution is 2.17. The van der Waals surface area contributed by atoms with E-state index in [2.05, 4.69) is 11.9 Å². The van der Waals surface area contributed by atoms with Crippen molar-refractivity contribution >= 4 is 33.8 Å². The molecule has 1 aromatic heterocycles. The zero-order chi connectivity index (χ0) is 9.68. The number of nitrogens with zero attached hydrogens (tertiary/aromatic N) is 2. The first-order valence-corrected chi connectivity index (χ1v) is 5.51. The zero-order valence-corrected chi connectivity index (χ0v) is 9.20. The van der Waals surface area contributed by atoms with Gasteiger partial charge in [0.1, 0.15) is 0 Å². The predicted octanol–water partition coefficient (Wildman–Crippen LogP) is 1.99. The van der Waals surface area contributed by atoms with E-state index < -0.39 is 0 Å². The second-order valence-electron chi connectivity index (χ2n) is 2.66. The van der Waals surface area contributed by atoms with Crippen LogP contribution in [0.4, 0.5) is 5.13 Å². The number of thiocarbonyl (C=S) groups is 1. The second-order valence-corrected chi connectivity index (χ2v) is 3.95. The Bertz CT molecular complexity index is 258. The third-order valence-electron chi connectivity index (χ3n) is 1.65. The normalized spacial score (nSPS) is 9.92. The minimum Gasteiger partial charge on any atom is -0.376 e. The van der Waals surface area contributed by atoms with Gasteiger partial charge in [-0.1, -0.05) is 13.3 Å². The highest BCUT2D eigenvalue weighted by atomic mass is 32.1. The molecule has 2 N–H and O–H groups in total. The minimum absolute atomic E-state index is 0.406. The third-order valence-corrected chi connectivity index (χ3v) is 2.67. The van der Waals surface area contributed by atoms with E-state index in [1.54, 1.807) is 17.5 Å². The van der Waals surface area contributed by atoms with Crippen LogP contribution in [-0.4, -0.2) is 16.6 Å². The van der Waals surface area contributed by atoms with Gasteiger partial charge in [-0.3, -0.25) is 4.90 Å². The summed E-state index contributed by atoms with van der Waals surface area (Å²) in [5.74, 6) is 0. The van der Waals surface area contributed by atoms with Crippen molar-refractivity contribution in [1.82, 2.24) is 4.98 Å². The molecule has 0 atom stereocenters. The average Bonchev–Trinajstić information content (AvgIpc) is 2.57. The van der Waals surface area contributed by atoms with Crippen LogP contribution in [-0.2, 0) is 0 Å². The van der Waals surface area contributed by atoms with E-state index in [0.717, 1.165) is 24.5 Å². The number of thiazole rings is 1. The van der Waals surface area contributed by atoms with Crippen molar-refractivity contribution < 1.29 is 0 Å². The monoisotopic (exact) mass is 215 g/mol. The summed E-state index contributed by atoms with van der Waals surface area (Å²) in [5.41, 5.74) is 5.59. The Hall–Kier alpha value is -0.680. The van der Waals surface area contributed by atoms with Gasteiger partial charge in [-0.25, -0.2) is 4.98 Å². The van der Waals surface area contributed by atoms with E-state index in [4.69, 9.17) is 18.0 Å². The van der Waals surface area contributed by atoms with Gasteiger partial charge in [-0.05, 0) is 18.6 Å². The topological polar surface area (TPSA) is 42.1 Å². The molecule has 1 rings (SSSR count). The highest BCUT2D eigenvalue weighted by molar-refractivity contribution is 7.80. The fourth-order valence-corrected chi connectivity index (χ4v) is 1.88. The third kappa shape index (κ3) is 2.93. The Labute approximate surface area is 87.6 Å². The van der Waals surface area contributed by atoms with Crippen molar-refractivity contribution in [2.75, 3.05) is 11.4 Å². The molecule has 0 radical (unpaired) electrons. The summed E-state index contributed by atoms with van der Waals surface area (Å²) < 4.78 is 0. The van der Waals surface area contributed by atoms with Gasteiger partial charge in [0.15, 0.2) is 10.2 Å². The van der Waals surface area contributed by atoms with Crippen molar-refractivity contribution in [3.63, 3.8) is 0 Å². The van der Waals surface area contributed by atoms with Gasteiger partial charge in [-0.15, -0.1) is 11.3 Å². The van der Waals surface area contributed by atoms with Crippen molar-refractivity contribution in [3.8, 4) is 0 Å². The first-order valence-electron chi connectivity index (χ1n) is 4.22. The molecular formula is C8H13N3S2. The molecule has 72 valence electrons. The number of unbranched alkanes of at least 4 members (excludes halogenated alkanes) is 1. The molecule has 0 saturated carbocycles. The van der Waals surface area contributed by atoms with E-state index in [0.29, 0.717) is 5.11 Å². The molecule has 0 spiro atoms. The predicted molar refractivity (Wildman–Crippen MR) is 61.2 cm³/mol. The van der Waals surface area contributed by atoms with Crippen LogP contribution in [0.5, 0.6) is 0 Å². The van der Waals surface area contributed by atoms with Crippen LogP contribution in [0.2, 0.25) is 0 Å². The molecule has 0 aliphatic carbocycles. The Morgan fingerprint density at radius 1 is 1.77 bits per heavy atom. The lowest BCUT2D eigenvalue weighted by molar-refractivity contribution is 0.794. The van der Waals surface area contributed by atoms with Crippen molar-refractivity contribution in [2.24, 2.45) is 5.73 Å². The van der Waals surface area contributed by atoms with E-state index in [1.165, 1.54) is 0 Å². The molecule has 0 saturated heterocycles. The maximum atomic E-state index is 5.59. The Balaban J connectivity index is 2.63. The fraction of sp³-hybridized carbons (Fsp3) is 0.500. The number of nitrogens with two attached hydrogens (primary N) is 1. The summed E-state index contributed by atoms with van der Waals surface area (Å²) in [7, 11) is 0. The van der Waals surface area contributed by atoms with Crippen LogP contribution < -0.4 is 10.6 Å². The van der Waals surface area contributed by atoms with Gasteiger partial charge in [0.2, 0.25) is 0 Å². The quantitative estimate of drug-likeness (QED) is 0.780. The van der Waals surface area contributed by atoms with Gasteiger partial charge in [0.25, 0.3) is 0 Å². The van der Waals surface area contributed by atoms with E-state index in [9.17, 15) is 0 Å². The number of aromatic nitrogens is 1.